The molecule has 4 heteroatoms. The Labute approximate surface area is 175 Å². The van der Waals surface area contributed by atoms with Gasteiger partial charge < -0.3 is 9.47 Å². The van der Waals surface area contributed by atoms with Gasteiger partial charge in [-0.05, 0) is 62.4 Å². The summed E-state index contributed by atoms with van der Waals surface area (Å²) in [6.07, 6.45) is 0. The van der Waals surface area contributed by atoms with Crippen molar-refractivity contribution in [1.29, 1.82) is 0 Å². The molecule has 0 aliphatic carbocycles. The highest BCUT2D eigenvalue weighted by molar-refractivity contribution is 6.02. The van der Waals surface area contributed by atoms with Crippen LogP contribution in [0, 0.1) is 19.9 Å². The second kappa shape index (κ2) is 7.38. The number of hydrogen-bond acceptors (Lipinski definition) is 3. The summed E-state index contributed by atoms with van der Waals surface area (Å²) in [7, 11) is 0. The van der Waals surface area contributed by atoms with E-state index in [1.54, 1.807) is 4.57 Å². The van der Waals surface area contributed by atoms with Gasteiger partial charge in [-0.3, -0.25) is 9.36 Å². The number of rotatable bonds is 4. The van der Waals surface area contributed by atoms with Crippen LogP contribution in [0.25, 0.3) is 10.9 Å². The monoisotopic (exact) mass is 396 g/mol. The van der Waals surface area contributed by atoms with Crippen LogP contribution in [0.3, 0.4) is 0 Å². The van der Waals surface area contributed by atoms with E-state index in [0.717, 1.165) is 28.1 Å². The van der Waals surface area contributed by atoms with Crippen LogP contribution in [0.2, 0.25) is 0 Å². The Bertz CT molecular complexity index is 1240. The van der Waals surface area contributed by atoms with Crippen molar-refractivity contribution < 1.29 is 14.3 Å². The predicted octanol–water partition coefficient (Wildman–Crippen LogP) is 5.30. The molecule has 4 aromatic rings. The second-order valence-corrected chi connectivity index (χ2v) is 7.78. The van der Waals surface area contributed by atoms with Gasteiger partial charge in [0, 0.05) is 22.2 Å². The standard InChI is InChI=1S/C26H22NO3/c1-17-7-12-25-23(13-17)21(16-30-25)15-29-22-10-8-19(9-11-22)26(28)27-18(2)14-20-5-3-4-6-24(20)27/h3-4,6-14,21H,15-16H2,1-2H3/t21-/m1/s1. The number of aryl methyl sites for hydroxylation is 2. The van der Waals surface area contributed by atoms with Crippen molar-refractivity contribution in [3.05, 3.63) is 95.2 Å². The smallest absolute Gasteiger partial charge is 0.262 e. The molecule has 4 nitrogen and oxygen atoms in total. The summed E-state index contributed by atoms with van der Waals surface area (Å²) in [5.41, 5.74) is 4.81. The lowest BCUT2D eigenvalue weighted by Crippen LogP contribution is -2.14. The van der Waals surface area contributed by atoms with Crippen LogP contribution < -0.4 is 9.47 Å². The van der Waals surface area contributed by atoms with Gasteiger partial charge in [-0.2, -0.15) is 0 Å². The van der Waals surface area contributed by atoms with Gasteiger partial charge in [0.2, 0.25) is 0 Å². The van der Waals surface area contributed by atoms with Gasteiger partial charge in [-0.25, -0.2) is 0 Å². The zero-order valence-electron chi connectivity index (χ0n) is 17.0. The summed E-state index contributed by atoms with van der Waals surface area (Å²) in [5, 5.41) is 0.942. The molecule has 5 rings (SSSR count). The van der Waals surface area contributed by atoms with Crippen LogP contribution in [-0.4, -0.2) is 23.7 Å². The molecule has 1 aliphatic rings. The fraction of sp³-hybridized carbons (Fsp3) is 0.192. The van der Waals surface area contributed by atoms with Crippen LogP contribution in [-0.2, 0) is 0 Å². The molecular weight excluding hydrogens is 374 g/mol. The highest BCUT2D eigenvalue weighted by Crippen LogP contribution is 2.34. The molecule has 2 heterocycles. The minimum atomic E-state index is -0.0535. The summed E-state index contributed by atoms with van der Waals surface area (Å²) in [6.45, 7) is 5.19. The Balaban J connectivity index is 1.31. The van der Waals surface area contributed by atoms with E-state index in [2.05, 4.69) is 25.1 Å². The fourth-order valence-corrected chi connectivity index (χ4v) is 4.04. The molecule has 1 radical (unpaired) electrons. The normalized spacial score (nSPS) is 15.1. The number of carbonyl (C=O) groups is 1. The quantitative estimate of drug-likeness (QED) is 0.470. The maximum absolute atomic E-state index is 13.1. The molecule has 0 unspecified atom stereocenters. The van der Waals surface area contributed by atoms with Crippen molar-refractivity contribution in [2.75, 3.05) is 13.2 Å². The molecule has 0 fully saturated rings. The van der Waals surface area contributed by atoms with Gasteiger partial charge in [-0.1, -0.05) is 29.8 Å². The van der Waals surface area contributed by atoms with E-state index < -0.39 is 0 Å². The van der Waals surface area contributed by atoms with Crippen LogP contribution in [0.4, 0.5) is 0 Å². The van der Waals surface area contributed by atoms with E-state index in [1.165, 1.54) is 11.1 Å². The topological polar surface area (TPSA) is 40.5 Å². The molecule has 0 bridgehead atoms. The van der Waals surface area contributed by atoms with E-state index in [1.807, 2.05) is 61.5 Å². The minimum Gasteiger partial charge on any atom is -0.493 e. The first-order valence-electron chi connectivity index (χ1n) is 10.1. The van der Waals surface area contributed by atoms with Crippen molar-refractivity contribution in [2.24, 2.45) is 0 Å². The summed E-state index contributed by atoms with van der Waals surface area (Å²) in [6, 6.07) is 24.5. The number of nitrogens with zero attached hydrogens (tertiary/aromatic N) is 1. The highest BCUT2D eigenvalue weighted by atomic mass is 16.5. The number of aromatic nitrogens is 1. The molecule has 1 aliphatic heterocycles. The van der Waals surface area contributed by atoms with E-state index >= 15 is 0 Å². The first kappa shape index (κ1) is 18.5. The molecule has 3 aromatic carbocycles. The number of benzene rings is 3. The molecule has 0 spiro atoms. The summed E-state index contributed by atoms with van der Waals surface area (Å²) < 4.78 is 13.5. The van der Waals surface area contributed by atoms with Crippen molar-refractivity contribution >= 4 is 16.8 Å². The lowest BCUT2D eigenvalue weighted by Gasteiger charge is -2.12. The number of fused-ring (bicyclic) bond motifs is 2. The van der Waals surface area contributed by atoms with Crippen molar-refractivity contribution in [3.8, 4) is 11.5 Å². The summed E-state index contributed by atoms with van der Waals surface area (Å²) in [4.78, 5) is 13.1. The Hall–Kier alpha value is -3.53. The third-order valence-electron chi connectivity index (χ3n) is 5.61. The minimum absolute atomic E-state index is 0.0535. The third-order valence-corrected chi connectivity index (χ3v) is 5.61. The van der Waals surface area contributed by atoms with E-state index in [-0.39, 0.29) is 11.8 Å². The van der Waals surface area contributed by atoms with Gasteiger partial charge in [0.05, 0.1) is 24.6 Å². The van der Waals surface area contributed by atoms with E-state index in [0.29, 0.717) is 18.8 Å². The largest absolute Gasteiger partial charge is 0.493 e. The lowest BCUT2D eigenvalue weighted by atomic mass is 10.0. The molecule has 30 heavy (non-hydrogen) atoms. The van der Waals surface area contributed by atoms with Crippen LogP contribution >= 0.6 is 0 Å². The van der Waals surface area contributed by atoms with Crippen LogP contribution in [0.5, 0.6) is 11.5 Å². The molecule has 0 amide bonds. The Kier molecular flexibility index (Phi) is 4.55. The van der Waals surface area contributed by atoms with Crippen molar-refractivity contribution in [1.82, 2.24) is 4.57 Å². The molecular formula is C26H22NO3. The fourth-order valence-electron chi connectivity index (χ4n) is 4.04. The molecule has 0 saturated carbocycles. The van der Waals surface area contributed by atoms with Crippen molar-refractivity contribution in [2.45, 2.75) is 19.8 Å². The summed E-state index contributed by atoms with van der Waals surface area (Å²) >= 11 is 0. The Morgan fingerprint density at radius 3 is 2.80 bits per heavy atom. The molecule has 0 N–H and O–H groups in total. The first-order valence-corrected chi connectivity index (χ1v) is 10.1. The van der Waals surface area contributed by atoms with Crippen LogP contribution in [0.1, 0.15) is 33.1 Å². The Morgan fingerprint density at radius 2 is 1.97 bits per heavy atom. The highest BCUT2D eigenvalue weighted by Gasteiger charge is 2.25. The lowest BCUT2D eigenvalue weighted by molar-refractivity contribution is 0.0963. The zero-order chi connectivity index (χ0) is 20.7. The molecule has 149 valence electrons. The van der Waals surface area contributed by atoms with Crippen molar-refractivity contribution in [3.63, 3.8) is 0 Å². The Morgan fingerprint density at radius 1 is 1.13 bits per heavy atom. The average molecular weight is 396 g/mol. The SMILES string of the molecule is Cc1ccc2c(c1)[C@H](COc1ccc(C(=O)n3c(C)cc4[c]cccc43)cc1)CO2. The molecule has 1 atom stereocenters. The van der Waals surface area contributed by atoms with Gasteiger partial charge in [0.1, 0.15) is 11.5 Å². The summed E-state index contributed by atoms with van der Waals surface area (Å²) in [5.74, 6) is 1.85. The maximum Gasteiger partial charge on any atom is 0.262 e. The molecule has 1 aromatic heterocycles. The number of carbonyl (C=O) groups excluding carboxylic acids is 1. The van der Waals surface area contributed by atoms with E-state index in [4.69, 9.17) is 9.47 Å². The predicted molar refractivity (Wildman–Crippen MR) is 117 cm³/mol. The van der Waals surface area contributed by atoms with Gasteiger partial charge in [0.15, 0.2) is 0 Å². The van der Waals surface area contributed by atoms with Gasteiger partial charge >= 0.3 is 0 Å². The van der Waals surface area contributed by atoms with Crippen LogP contribution in [0.15, 0.2) is 66.7 Å². The molecule has 0 saturated heterocycles. The van der Waals surface area contributed by atoms with E-state index in [9.17, 15) is 4.79 Å². The number of ether oxygens (including phenoxy) is 2. The first-order chi connectivity index (χ1) is 14.6. The third kappa shape index (κ3) is 3.24. The second-order valence-electron chi connectivity index (χ2n) is 7.78. The van der Waals surface area contributed by atoms with Gasteiger partial charge in [-0.15, -0.1) is 0 Å². The average Bonchev–Trinajstić information content (AvgIpc) is 3.31. The van der Waals surface area contributed by atoms with Gasteiger partial charge in [0.25, 0.3) is 5.91 Å². The maximum atomic E-state index is 13.1. The number of hydrogen-bond donors (Lipinski definition) is 0. The zero-order valence-corrected chi connectivity index (χ0v) is 17.0.